The van der Waals surface area contributed by atoms with Crippen molar-refractivity contribution in [2.24, 2.45) is 5.92 Å². The average molecular weight is 403 g/mol. The van der Waals surface area contributed by atoms with Crippen LogP contribution in [0.3, 0.4) is 0 Å². The molecule has 8 nitrogen and oxygen atoms in total. The van der Waals surface area contributed by atoms with E-state index in [9.17, 15) is 18.4 Å². The Morgan fingerprint density at radius 1 is 1.34 bits per heavy atom. The molecule has 10 heteroatoms. The molecule has 0 bridgehead atoms. The summed E-state index contributed by atoms with van der Waals surface area (Å²) >= 11 is 0. The van der Waals surface area contributed by atoms with Crippen LogP contribution >= 0.6 is 0 Å². The second kappa shape index (κ2) is 7.26. The Kier molecular flexibility index (Phi) is 4.77. The number of nitrogens with one attached hydrogen (secondary N) is 1. The fourth-order valence-electron chi connectivity index (χ4n) is 3.29. The van der Waals surface area contributed by atoms with Crippen molar-refractivity contribution in [1.82, 2.24) is 14.8 Å². The van der Waals surface area contributed by atoms with Crippen molar-refractivity contribution >= 4 is 28.5 Å². The summed E-state index contributed by atoms with van der Waals surface area (Å²) in [6.45, 7) is 1.44. The van der Waals surface area contributed by atoms with Crippen molar-refractivity contribution in [3.05, 3.63) is 47.1 Å². The summed E-state index contributed by atoms with van der Waals surface area (Å²) in [6.07, 6.45) is 1.03. The van der Waals surface area contributed by atoms with Crippen molar-refractivity contribution in [3.63, 3.8) is 0 Å². The van der Waals surface area contributed by atoms with Crippen molar-refractivity contribution in [3.8, 4) is 0 Å². The lowest BCUT2D eigenvalue weighted by Crippen LogP contribution is -2.46. The highest BCUT2D eigenvalue weighted by Gasteiger charge is 2.41. The maximum Gasteiger partial charge on any atom is 0.267 e. The Morgan fingerprint density at radius 2 is 2.17 bits per heavy atom. The minimum Gasteiger partial charge on any atom is -0.443 e. The van der Waals surface area contributed by atoms with Crippen molar-refractivity contribution < 1.29 is 18.0 Å². The minimum absolute atomic E-state index is 0.127. The van der Waals surface area contributed by atoms with Crippen LogP contribution in [0.25, 0.3) is 11.1 Å². The zero-order chi connectivity index (χ0) is 20.6. The molecule has 0 aliphatic carbocycles. The van der Waals surface area contributed by atoms with Gasteiger partial charge in [0.15, 0.2) is 12.0 Å². The Morgan fingerprint density at radius 3 is 2.97 bits per heavy atom. The number of rotatable bonds is 4. The van der Waals surface area contributed by atoms with Crippen molar-refractivity contribution in [1.29, 1.82) is 0 Å². The number of aromatic nitrogens is 3. The number of halogens is 2. The van der Waals surface area contributed by atoms with E-state index in [0.717, 1.165) is 4.68 Å². The largest absolute Gasteiger partial charge is 0.443 e. The van der Waals surface area contributed by atoms with Gasteiger partial charge in [-0.15, -0.1) is 0 Å². The summed E-state index contributed by atoms with van der Waals surface area (Å²) in [5.41, 5.74) is 1.24. The van der Waals surface area contributed by atoms with E-state index in [1.54, 1.807) is 23.1 Å². The van der Waals surface area contributed by atoms with Gasteiger partial charge >= 0.3 is 0 Å². The van der Waals surface area contributed by atoms with Gasteiger partial charge in [-0.25, -0.2) is 18.4 Å². The lowest BCUT2D eigenvalue weighted by Gasteiger charge is -2.37. The number of amides is 1. The van der Waals surface area contributed by atoms with Crippen LogP contribution in [0.5, 0.6) is 0 Å². The second-order valence-electron chi connectivity index (χ2n) is 7.13. The highest BCUT2D eigenvalue weighted by molar-refractivity contribution is 5.92. The first-order valence-corrected chi connectivity index (χ1v) is 9.16. The highest BCUT2D eigenvalue weighted by Crippen LogP contribution is 2.34. The van der Waals surface area contributed by atoms with Gasteiger partial charge < -0.3 is 14.6 Å². The molecular weight excluding hydrogens is 384 g/mol. The zero-order valence-corrected chi connectivity index (χ0v) is 15.6. The van der Waals surface area contributed by atoms with E-state index in [0.29, 0.717) is 22.6 Å². The lowest BCUT2D eigenvalue weighted by molar-refractivity contribution is -0.117. The summed E-state index contributed by atoms with van der Waals surface area (Å²) in [4.78, 5) is 30.2. The van der Waals surface area contributed by atoms with E-state index >= 15 is 0 Å². The third-order valence-electron chi connectivity index (χ3n) is 5.01. The normalized spacial score (nSPS) is 18.7. The molecule has 0 spiro atoms. The first-order valence-electron chi connectivity index (χ1n) is 9.16. The summed E-state index contributed by atoms with van der Waals surface area (Å²) in [7, 11) is 0. The molecule has 1 saturated heterocycles. The molecule has 1 aliphatic heterocycles. The highest BCUT2D eigenvalue weighted by atomic mass is 19.3. The molecule has 1 amide bonds. The number of benzene rings is 1. The SMILES string of the molecule is CC1CN(c2ccc(=O)n(CC(=O)Nc3ccc4ocnc4c3)n2)CCC1(F)F. The monoisotopic (exact) mass is 403 g/mol. The smallest absolute Gasteiger partial charge is 0.267 e. The van der Waals surface area contributed by atoms with Gasteiger partial charge in [0.2, 0.25) is 5.91 Å². The Bertz CT molecular complexity index is 1110. The van der Waals surface area contributed by atoms with Crippen LogP contribution in [0.4, 0.5) is 20.3 Å². The number of carbonyl (C=O) groups excluding carboxylic acids is 1. The molecule has 2 aromatic heterocycles. The number of hydrogen-bond donors (Lipinski definition) is 1. The summed E-state index contributed by atoms with van der Waals surface area (Å²) < 4.78 is 33.6. The fraction of sp³-hybridized carbons (Fsp3) is 0.368. The third kappa shape index (κ3) is 3.96. The van der Waals surface area contributed by atoms with Crippen LogP contribution in [0.2, 0.25) is 0 Å². The van der Waals surface area contributed by atoms with Crippen molar-refractivity contribution in [2.75, 3.05) is 23.3 Å². The van der Waals surface area contributed by atoms with Gasteiger partial charge in [-0.05, 0) is 24.3 Å². The van der Waals surface area contributed by atoms with E-state index in [4.69, 9.17) is 4.42 Å². The second-order valence-corrected chi connectivity index (χ2v) is 7.13. The van der Waals surface area contributed by atoms with Gasteiger partial charge in [0.05, 0.1) is 0 Å². The summed E-state index contributed by atoms with van der Waals surface area (Å²) in [5, 5.41) is 6.88. The third-order valence-corrected chi connectivity index (χ3v) is 5.01. The van der Waals surface area contributed by atoms with E-state index in [2.05, 4.69) is 15.4 Å². The predicted octanol–water partition coefficient (Wildman–Crippen LogP) is 2.50. The Hall–Kier alpha value is -3.30. The van der Waals surface area contributed by atoms with Crippen LogP contribution < -0.4 is 15.8 Å². The molecular formula is C19H19F2N5O3. The Labute approximate surface area is 164 Å². The number of oxazole rings is 1. The van der Waals surface area contributed by atoms with Gasteiger partial charge in [0, 0.05) is 37.2 Å². The van der Waals surface area contributed by atoms with E-state index in [1.807, 2.05) is 0 Å². The molecule has 0 radical (unpaired) electrons. The average Bonchev–Trinajstić information content (AvgIpc) is 3.13. The number of anilines is 2. The van der Waals surface area contributed by atoms with Crippen LogP contribution in [0.15, 0.2) is 45.9 Å². The number of hydrogen-bond acceptors (Lipinski definition) is 6. The van der Waals surface area contributed by atoms with E-state index in [1.165, 1.54) is 25.5 Å². The van der Waals surface area contributed by atoms with Crippen molar-refractivity contribution in [2.45, 2.75) is 25.8 Å². The molecule has 1 unspecified atom stereocenters. The number of nitrogens with zero attached hydrogens (tertiary/aromatic N) is 4. The first kappa shape index (κ1) is 19.0. The first-order chi connectivity index (χ1) is 13.8. The Balaban J connectivity index is 1.47. The van der Waals surface area contributed by atoms with E-state index in [-0.39, 0.29) is 26.1 Å². The molecule has 1 N–H and O–H groups in total. The molecule has 1 aliphatic rings. The molecule has 4 rings (SSSR count). The number of fused-ring (bicyclic) bond motifs is 1. The molecule has 0 saturated carbocycles. The standard InChI is InChI=1S/C19H19F2N5O3/c1-12-9-25(7-6-19(12,20)21)16-4-5-18(28)26(24-16)10-17(27)23-13-2-3-15-14(8-13)22-11-29-15/h2-5,8,11-12H,6-7,9-10H2,1H3,(H,23,27). The fourth-order valence-corrected chi connectivity index (χ4v) is 3.29. The summed E-state index contributed by atoms with van der Waals surface area (Å²) in [6, 6.07) is 7.77. The number of carbonyl (C=O) groups is 1. The van der Waals surface area contributed by atoms with Crippen LogP contribution in [0.1, 0.15) is 13.3 Å². The van der Waals surface area contributed by atoms with Crippen LogP contribution in [-0.4, -0.2) is 39.7 Å². The maximum atomic E-state index is 13.7. The quantitative estimate of drug-likeness (QED) is 0.720. The lowest BCUT2D eigenvalue weighted by atomic mass is 9.95. The molecule has 3 heterocycles. The molecule has 29 heavy (non-hydrogen) atoms. The van der Waals surface area contributed by atoms with Crippen LogP contribution in [0, 0.1) is 5.92 Å². The molecule has 3 aromatic rings. The van der Waals surface area contributed by atoms with Gasteiger partial charge in [-0.2, -0.15) is 5.10 Å². The van der Waals surface area contributed by atoms with Gasteiger partial charge in [-0.3, -0.25) is 9.59 Å². The van der Waals surface area contributed by atoms with Gasteiger partial charge in [0.25, 0.3) is 11.5 Å². The minimum atomic E-state index is -2.71. The summed E-state index contributed by atoms with van der Waals surface area (Å²) in [5.74, 6) is -3.59. The van der Waals surface area contributed by atoms with Gasteiger partial charge in [-0.1, -0.05) is 6.92 Å². The molecule has 1 atom stereocenters. The van der Waals surface area contributed by atoms with Gasteiger partial charge in [0.1, 0.15) is 17.9 Å². The molecule has 1 fully saturated rings. The number of alkyl halides is 2. The maximum absolute atomic E-state index is 13.7. The van der Waals surface area contributed by atoms with E-state index < -0.39 is 23.3 Å². The molecule has 152 valence electrons. The predicted molar refractivity (Wildman–Crippen MR) is 102 cm³/mol. The zero-order valence-electron chi connectivity index (χ0n) is 15.6. The topological polar surface area (TPSA) is 93.3 Å². The number of piperidine rings is 1. The van der Waals surface area contributed by atoms with Crippen LogP contribution in [-0.2, 0) is 11.3 Å². The molecule has 1 aromatic carbocycles.